The fourth-order valence-corrected chi connectivity index (χ4v) is 1.89. The van der Waals surface area contributed by atoms with E-state index in [0.29, 0.717) is 0 Å². The molecule has 1 saturated heterocycles. The zero-order valence-corrected chi connectivity index (χ0v) is 9.75. The molecule has 0 N–H and O–H groups in total. The Morgan fingerprint density at radius 3 is 2.57 bits per heavy atom. The van der Waals surface area contributed by atoms with Crippen molar-refractivity contribution in [1.82, 2.24) is 9.80 Å². The molecule has 5 nitrogen and oxygen atoms in total. The second-order valence-corrected chi connectivity index (χ2v) is 5.53. The lowest BCUT2D eigenvalue weighted by molar-refractivity contribution is 0.0804. The molecule has 1 aliphatic heterocycles. The van der Waals surface area contributed by atoms with Crippen LogP contribution in [0.2, 0.25) is 0 Å². The Bertz CT molecular complexity index is 278. The summed E-state index contributed by atoms with van der Waals surface area (Å²) in [6.45, 7) is 3.08. The van der Waals surface area contributed by atoms with Crippen LogP contribution in [0, 0.1) is 0 Å². The second-order valence-electron chi connectivity index (χ2n) is 3.89. The number of hydrogen-bond acceptors (Lipinski definition) is 5. The summed E-state index contributed by atoms with van der Waals surface area (Å²) in [6, 6.07) is 0.170. The van der Waals surface area contributed by atoms with E-state index < -0.39 is 10.1 Å². The first-order valence-electron chi connectivity index (χ1n) is 4.61. The largest absolute Gasteiger partial charge is 0.303 e. The van der Waals surface area contributed by atoms with E-state index in [1.54, 1.807) is 0 Å². The Hall–Kier alpha value is -0.170. The Kier molecular flexibility index (Phi) is 3.88. The Balaban J connectivity index is 2.42. The van der Waals surface area contributed by atoms with Gasteiger partial charge in [-0.2, -0.15) is 8.42 Å². The highest BCUT2D eigenvalue weighted by Crippen LogP contribution is 2.07. The third-order valence-electron chi connectivity index (χ3n) is 2.45. The maximum Gasteiger partial charge on any atom is 0.264 e. The lowest BCUT2D eigenvalue weighted by atomic mass is 10.2. The Labute approximate surface area is 85.8 Å². The quantitative estimate of drug-likeness (QED) is 0.586. The molecule has 0 radical (unpaired) electrons. The summed E-state index contributed by atoms with van der Waals surface area (Å²) in [5.74, 6) is 0. The molecule has 1 fully saturated rings. The lowest BCUT2D eigenvalue weighted by Crippen LogP contribution is -2.52. The fraction of sp³-hybridized carbons (Fsp3) is 1.00. The minimum atomic E-state index is -3.31. The van der Waals surface area contributed by atoms with E-state index in [1.807, 2.05) is 14.1 Å². The summed E-state index contributed by atoms with van der Waals surface area (Å²) in [5.41, 5.74) is 0. The summed E-state index contributed by atoms with van der Waals surface area (Å²) in [7, 11) is 0.708. The van der Waals surface area contributed by atoms with Crippen LogP contribution in [0.3, 0.4) is 0 Å². The van der Waals surface area contributed by atoms with Crippen molar-refractivity contribution in [3.05, 3.63) is 0 Å². The first kappa shape index (κ1) is 11.9. The minimum absolute atomic E-state index is 0.170. The molecule has 1 atom stereocenters. The van der Waals surface area contributed by atoms with Crippen LogP contribution in [0.4, 0.5) is 0 Å². The van der Waals surface area contributed by atoms with E-state index in [2.05, 4.69) is 9.80 Å². The van der Waals surface area contributed by atoms with Crippen LogP contribution in [-0.4, -0.2) is 70.9 Å². The van der Waals surface area contributed by atoms with Crippen LogP contribution in [-0.2, 0) is 14.3 Å². The van der Waals surface area contributed by atoms with E-state index in [0.717, 1.165) is 25.9 Å². The van der Waals surface area contributed by atoms with E-state index in [9.17, 15) is 8.42 Å². The number of rotatable bonds is 3. The standard InChI is InChI=1S/C8H18N2O3S/c1-9-4-5-10(2)8(6-9)7-13-14(3,11)12/h8H,4-7H2,1-3H3/t8-/m0/s1. The molecule has 0 amide bonds. The zero-order chi connectivity index (χ0) is 10.8. The predicted octanol–water partition coefficient (Wildman–Crippen LogP) is -0.792. The Morgan fingerprint density at radius 2 is 2.00 bits per heavy atom. The van der Waals surface area contributed by atoms with Crippen molar-refractivity contribution in [3.63, 3.8) is 0 Å². The molecular formula is C8H18N2O3S. The third-order valence-corrected chi connectivity index (χ3v) is 3.02. The van der Waals surface area contributed by atoms with E-state index in [-0.39, 0.29) is 12.6 Å². The molecule has 6 heteroatoms. The second kappa shape index (κ2) is 4.57. The smallest absolute Gasteiger partial charge is 0.264 e. The van der Waals surface area contributed by atoms with Gasteiger partial charge in [0.25, 0.3) is 10.1 Å². The van der Waals surface area contributed by atoms with Crippen molar-refractivity contribution >= 4 is 10.1 Å². The number of nitrogens with zero attached hydrogens (tertiary/aromatic N) is 2. The van der Waals surface area contributed by atoms with Gasteiger partial charge in [-0.15, -0.1) is 0 Å². The van der Waals surface area contributed by atoms with E-state index >= 15 is 0 Å². The summed E-state index contributed by atoms with van der Waals surface area (Å²) < 4.78 is 26.4. The SMILES string of the molecule is CN1CCN(C)[C@H](COS(C)(=O)=O)C1. The molecule has 0 bridgehead atoms. The van der Waals surface area contributed by atoms with Gasteiger partial charge in [0.05, 0.1) is 12.9 Å². The summed E-state index contributed by atoms with van der Waals surface area (Å²) in [5, 5.41) is 0. The van der Waals surface area contributed by atoms with Crippen molar-refractivity contribution in [1.29, 1.82) is 0 Å². The number of likely N-dealkylation sites (N-methyl/N-ethyl adjacent to an activating group) is 2. The van der Waals surface area contributed by atoms with Crippen molar-refractivity contribution in [2.45, 2.75) is 6.04 Å². The molecule has 84 valence electrons. The molecule has 14 heavy (non-hydrogen) atoms. The molecular weight excluding hydrogens is 204 g/mol. The topological polar surface area (TPSA) is 49.9 Å². The first-order chi connectivity index (χ1) is 6.38. The molecule has 1 rings (SSSR count). The molecule has 1 heterocycles. The molecule has 0 spiro atoms. The van der Waals surface area contributed by atoms with Crippen molar-refractivity contribution in [2.75, 3.05) is 46.6 Å². The van der Waals surface area contributed by atoms with Gasteiger partial charge >= 0.3 is 0 Å². The highest BCUT2D eigenvalue weighted by atomic mass is 32.2. The average molecular weight is 222 g/mol. The zero-order valence-electron chi connectivity index (χ0n) is 8.93. The number of piperazine rings is 1. The molecule has 0 aromatic rings. The number of hydrogen-bond donors (Lipinski definition) is 0. The van der Waals surface area contributed by atoms with Crippen molar-refractivity contribution in [2.24, 2.45) is 0 Å². The van der Waals surface area contributed by atoms with Crippen LogP contribution in [0.25, 0.3) is 0 Å². The van der Waals surface area contributed by atoms with Gasteiger partial charge in [-0.3, -0.25) is 9.08 Å². The van der Waals surface area contributed by atoms with Crippen molar-refractivity contribution < 1.29 is 12.6 Å². The molecule has 0 aromatic carbocycles. The molecule has 0 saturated carbocycles. The van der Waals surface area contributed by atoms with E-state index in [1.165, 1.54) is 0 Å². The predicted molar refractivity (Wildman–Crippen MR) is 54.7 cm³/mol. The van der Waals surface area contributed by atoms with E-state index in [4.69, 9.17) is 4.18 Å². The summed E-state index contributed by atoms with van der Waals surface area (Å²) >= 11 is 0. The Morgan fingerprint density at radius 1 is 1.36 bits per heavy atom. The third kappa shape index (κ3) is 3.91. The molecule has 0 aromatic heterocycles. The lowest BCUT2D eigenvalue weighted by Gasteiger charge is -2.37. The van der Waals surface area contributed by atoms with Gasteiger partial charge in [-0.25, -0.2) is 0 Å². The van der Waals surface area contributed by atoms with Crippen LogP contribution in [0.15, 0.2) is 0 Å². The van der Waals surface area contributed by atoms with Crippen LogP contribution in [0.5, 0.6) is 0 Å². The van der Waals surface area contributed by atoms with Gasteiger partial charge in [0.1, 0.15) is 0 Å². The van der Waals surface area contributed by atoms with Gasteiger partial charge < -0.3 is 4.90 Å². The molecule has 0 aliphatic carbocycles. The van der Waals surface area contributed by atoms with Gasteiger partial charge in [-0.1, -0.05) is 0 Å². The van der Waals surface area contributed by atoms with Gasteiger partial charge in [-0.05, 0) is 14.1 Å². The maximum absolute atomic E-state index is 10.8. The van der Waals surface area contributed by atoms with Crippen LogP contribution >= 0.6 is 0 Å². The normalized spacial score (nSPS) is 26.6. The van der Waals surface area contributed by atoms with Crippen molar-refractivity contribution in [3.8, 4) is 0 Å². The first-order valence-corrected chi connectivity index (χ1v) is 6.43. The van der Waals surface area contributed by atoms with Gasteiger partial charge in [0, 0.05) is 25.7 Å². The monoisotopic (exact) mass is 222 g/mol. The highest BCUT2D eigenvalue weighted by molar-refractivity contribution is 7.85. The molecule has 0 unspecified atom stereocenters. The van der Waals surface area contributed by atoms with Gasteiger partial charge in [0.15, 0.2) is 0 Å². The van der Waals surface area contributed by atoms with Crippen LogP contribution < -0.4 is 0 Å². The molecule has 1 aliphatic rings. The maximum atomic E-state index is 10.8. The highest BCUT2D eigenvalue weighted by Gasteiger charge is 2.23. The summed E-state index contributed by atoms with van der Waals surface area (Å²) in [6.07, 6.45) is 1.08. The average Bonchev–Trinajstić information content (AvgIpc) is 2.05. The fourth-order valence-electron chi connectivity index (χ4n) is 1.48. The van der Waals surface area contributed by atoms with Gasteiger partial charge in [0.2, 0.25) is 0 Å². The minimum Gasteiger partial charge on any atom is -0.303 e. The van der Waals surface area contributed by atoms with Crippen LogP contribution in [0.1, 0.15) is 0 Å². The summed E-state index contributed by atoms with van der Waals surface area (Å²) in [4.78, 5) is 4.31.